The highest BCUT2D eigenvalue weighted by atomic mass is 35.5. The van der Waals surface area contributed by atoms with Gasteiger partial charge >= 0.3 is 0 Å². The summed E-state index contributed by atoms with van der Waals surface area (Å²) in [6.45, 7) is 4.20. The molecule has 0 unspecified atom stereocenters. The molecule has 5 heteroatoms. The Bertz CT molecular complexity index is 533. The molecule has 0 bridgehead atoms. The minimum atomic E-state index is 0.684. The van der Waals surface area contributed by atoms with E-state index in [1.807, 2.05) is 32.2 Å². The predicted molar refractivity (Wildman–Crippen MR) is 74.3 cm³/mol. The first kappa shape index (κ1) is 13.1. The van der Waals surface area contributed by atoms with Gasteiger partial charge in [0.1, 0.15) is 12.1 Å². The van der Waals surface area contributed by atoms with Crippen molar-refractivity contribution in [2.45, 2.75) is 6.92 Å². The maximum Gasteiger partial charge on any atom is 0.139 e. The van der Waals surface area contributed by atoms with Crippen LogP contribution >= 0.6 is 11.6 Å². The molecule has 18 heavy (non-hydrogen) atoms. The molecule has 96 valence electrons. The van der Waals surface area contributed by atoms with Gasteiger partial charge in [0.25, 0.3) is 0 Å². The van der Waals surface area contributed by atoms with Gasteiger partial charge < -0.3 is 9.64 Å². The zero-order valence-electron chi connectivity index (χ0n) is 10.6. The molecule has 0 radical (unpaired) electrons. The lowest BCUT2D eigenvalue weighted by Gasteiger charge is -2.19. The van der Waals surface area contributed by atoms with Crippen LogP contribution in [0.1, 0.15) is 6.92 Å². The maximum absolute atomic E-state index is 5.96. The Hall–Kier alpha value is -1.39. The number of aromatic nitrogens is 2. The van der Waals surface area contributed by atoms with Crippen molar-refractivity contribution < 1.29 is 4.74 Å². The number of ether oxygens (including phenoxy) is 1. The van der Waals surface area contributed by atoms with Crippen LogP contribution in [0.25, 0.3) is 10.9 Å². The number of nitrogens with zero attached hydrogens (tertiary/aromatic N) is 3. The Kier molecular flexibility index (Phi) is 4.33. The molecule has 0 aliphatic rings. The molecule has 2 rings (SSSR count). The van der Waals surface area contributed by atoms with Crippen molar-refractivity contribution in [1.29, 1.82) is 0 Å². The van der Waals surface area contributed by atoms with Gasteiger partial charge in [-0.2, -0.15) is 0 Å². The molecule has 1 aromatic heterocycles. The molecule has 0 fully saturated rings. The average Bonchev–Trinajstić information content (AvgIpc) is 2.37. The number of likely N-dealkylation sites (N-methyl/N-ethyl adjacent to an activating group) is 1. The van der Waals surface area contributed by atoms with Crippen molar-refractivity contribution in [3.63, 3.8) is 0 Å². The van der Waals surface area contributed by atoms with Crippen LogP contribution in [0.2, 0.25) is 5.02 Å². The van der Waals surface area contributed by atoms with Gasteiger partial charge in [-0.25, -0.2) is 9.97 Å². The molecule has 2 aromatic rings. The minimum absolute atomic E-state index is 0.684. The summed E-state index contributed by atoms with van der Waals surface area (Å²) in [6, 6.07) is 5.65. The van der Waals surface area contributed by atoms with Gasteiger partial charge in [-0.1, -0.05) is 11.6 Å². The molecule has 0 aliphatic heterocycles. The van der Waals surface area contributed by atoms with E-state index in [-0.39, 0.29) is 0 Å². The smallest absolute Gasteiger partial charge is 0.139 e. The van der Waals surface area contributed by atoms with E-state index in [1.165, 1.54) is 0 Å². The van der Waals surface area contributed by atoms with Gasteiger partial charge in [-0.3, -0.25) is 0 Å². The Labute approximate surface area is 112 Å². The molecule has 0 saturated heterocycles. The Balaban J connectivity index is 2.27. The molecule has 0 spiro atoms. The number of anilines is 1. The number of fused-ring (bicyclic) bond motifs is 1. The van der Waals surface area contributed by atoms with E-state index >= 15 is 0 Å². The number of hydrogen-bond acceptors (Lipinski definition) is 4. The van der Waals surface area contributed by atoms with Gasteiger partial charge in [-0.05, 0) is 25.1 Å². The van der Waals surface area contributed by atoms with Crippen LogP contribution in [-0.2, 0) is 4.74 Å². The topological polar surface area (TPSA) is 38.2 Å². The largest absolute Gasteiger partial charge is 0.380 e. The highest BCUT2D eigenvalue weighted by Crippen LogP contribution is 2.24. The minimum Gasteiger partial charge on any atom is -0.380 e. The summed E-state index contributed by atoms with van der Waals surface area (Å²) >= 11 is 5.96. The van der Waals surface area contributed by atoms with Crippen LogP contribution in [0.15, 0.2) is 24.5 Å². The van der Waals surface area contributed by atoms with Crippen LogP contribution in [0, 0.1) is 0 Å². The van der Waals surface area contributed by atoms with Gasteiger partial charge in [0.15, 0.2) is 0 Å². The molecule has 0 atom stereocenters. The van der Waals surface area contributed by atoms with E-state index < -0.39 is 0 Å². The molecular formula is C13H16ClN3O. The highest BCUT2D eigenvalue weighted by Gasteiger charge is 2.08. The third kappa shape index (κ3) is 2.89. The van der Waals surface area contributed by atoms with Crippen molar-refractivity contribution in [1.82, 2.24) is 9.97 Å². The summed E-state index contributed by atoms with van der Waals surface area (Å²) in [5.74, 6) is 0.899. The van der Waals surface area contributed by atoms with Crippen molar-refractivity contribution in [2.24, 2.45) is 0 Å². The zero-order valence-corrected chi connectivity index (χ0v) is 11.3. The second-order valence-electron chi connectivity index (χ2n) is 3.98. The summed E-state index contributed by atoms with van der Waals surface area (Å²) in [6.07, 6.45) is 1.56. The van der Waals surface area contributed by atoms with Crippen LogP contribution in [0.3, 0.4) is 0 Å². The van der Waals surface area contributed by atoms with Crippen LogP contribution in [0.5, 0.6) is 0 Å². The Morgan fingerprint density at radius 3 is 2.94 bits per heavy atom. The quantitative estimate of drug-likeness (QED) is 0.779. The lowest BCUT2D eigenvalue weighted by molar-refractivity contribution is 0.154. The molecule has 1 heterocycles. The maximum atomic E-state index is 5.96. The standard InChI is InChI=1S/C13H16ClN3O/c1-3-18-7-6-17(2)13-11-5-4-10(14)8-12(11)15-9-16-13/h4-5,8-9H,3,6-7H2,1-2H3. The van der Waals surface area contributed by atoms with E-state index in [4.69, 9.17) is 16.3 Å². The van der Waals surface area contributed by atoms with Crippen LogP contribution in [0.4, 0.5) is 5.82 Å². The summed E-state index contributed by atoms with van der Waals surface area (Å²) in [7, 11) is 2.00. The van der Waals surface area contributed by atoms with Gasteiger partial charge in [0.05, 0.1) is 12.1 Å². The lowest BCUT2D eigenvalue weighted by atomic mass is 10.2. The third-order valence-corrected chi connectivity index (χ3v) is 2.95. The normalized spacial score (nSPS) is 10.8. The van der Waals surface area contributed by atoms with E-state index in [0.717, 1.165) is 29.9 Å². The number of halogens is 1. The fourth-order valence-electron chi connectivity index (χ4n) is 1.77. The van der Waals surface area contributed by atoms with E-state index in [9.17, 15) is 0 Å². The zero-order chi connectivity index (χ0) is 13.0. The SMILES string of the molecule is CCOCCN(C)c1ncnc2cc(Cl)ccc12. The van der Waals surface area contributed by atoms with E-state index in [1.54, 1.807) is 6.33 Å². The molecule has 0 N–H and O–H groups in total. The first-order valence-corrected chi connectivity index (χ1v) is 6.29. The third-order valence-electron chi connectivity index (χ3n) is 2.71. The molecule has 1 aromatic carbocycles. The first-order valence-electron chi connectivity index (χ1n) is 5.91. The van der Waals surface area contributed by atoms with Crippen molar-refractivity contribution >= 4 is 28.3 Å². The summed E-state index contributed by atoms with van der Waals surface area (Å²) in [5, 5.41) is 1.69. The lowest BCUT2D eigenvalue weighted by Crippen LogP contribution is -2.23. The van der Waals surface area contributed by atoms with Gasteiger partial charge in [-0.15, -0.1) is 0 Å². The van der Waals surface area contributed by atoms with E-state index in [2.05, 4.69) is 14.9 Å². The Morgan fingerprint density at radius 1 is 1.33 bits per heavy atom. The number of benzene rings is 1. The van der Waals surface area contributed by atoms with Gasteiger partial charge in [0, 0.05) is 30.6 Å². The second-order valence-corrected chi connectivity index (χ2v) is 4.41. The molecule has 0 aliphatic carbocycles. The van der Waals surface area contributed by atoms with Crippen molar-refractivity contribution in [2.75, 3.05) is 31.7 Å². The molecular weight excluding hydrogens is 250 g/mol. The molecule has 4 nitrogen and oxygen atoms in total. The second kappa shape index (κ2) is 5.98. The summed E-state index contributed by atoms with van der Waals surface area (Å²) < 4.78 is 5.35. The van der Waals surface area contributed by atoms with Gasteiger partial charge in [0.2, 0.25) is 0 Å². The van der Waals surface area contributed by atoms with E-state index in [0.29, 0.717) is 11.6 Å². The fourth-order valence-corrected chi connectivity index (χ4v) is 1.94. The number of hydrogen-bond donors (Lipinski definition) is 0. The molecule has 0 saturated carbocycles. The molecule has 0 amide bonds. The van der Waals surface area contributed by atoms with Crippen molar-refractivity contribution in [3.05, 3.63) is 29.5 Å². The van der Waals surface area contributed by atoms with Crippen molar-refractivity contribution in [3.8, 4) is 0 Å². The number of rotatable bonds is 5. The van der Waals surface area contributed by atoms with Crippen LogP contribution < -0.4 is 4.90 Å². The highest BCUT2D eigenvalue weighted by molar-refractivity contribution is 6.31. The van der Waals surface area contributed by atoms with Crippen LogP contribution in [-0.4, -0.2) is 36.8 Å². The summed E-state index contributed by atoms with van der Waals surface area (Å²) in [5.41, 5.74) is 0.857. The predicted octanol–water partition coefficient (Wildman–Crippen LogP) is 2.76. The monoisotopic (exact) mass is 265 g/mol. The summed E-state index contributed by atoms with van der Waals surface area (Å²) in [4.78, 5) is 10.6. The first-order chi connectivity index (χ1) is 8.72. The fraction of sp³-hybridized carbons (Fsp3) is 0.385. The Morgan fingerprint density at radius 2 is 2.17 bits per heavy atom. The average molecular weight is 266 g/mol.